The molecule has 1 unspecified atom stereocenters. The minimum absolute atomic E-state index is 0.231. The molecule has 1 aromatic rings. The molecule has 2 heterocycles. The quantitative estimate of drug-likeness (QED) is 0.774. The number of nitrogen functional groups attached to an aromatic ring is 1. The molecule has 1 aromatic heterocycles. The molecule has 0 amide bonds. The molecular formula is C12H14N2O3. The van der Waals surface area contributed by atoms with Crippen LogP contribution in [-0.4, -0.2) is 16.1 Å². The molecule has 2 rings (SSSR count). The van der Waals surface area contributed by atoms with Crippen LogP contribution in [0, 0.1) is 6.92 Å². The van der Waals surface area contributed by atoms with Gasteiger partial charge in [-0.1, -0.05) is 6.92 Å². The molecule has 0 bridgehead atoms. The number of aromatic nitrogens is 1. The average Bonchev–Trinajstić information content (AvgIpc) is 2.13. The molecule has 0 radical (unpaired) electrons. The van der Waals surface area contributed by atoms with E-state index in [0.717, 1.165) is 5.69 Å². The second-order valence-corrected chi connectivity index (χ2v) is 4.17. The van der Waals surface area contributed by atoms with Crippen LogP contribution < -0.4 is 10.5 Å². The number of fused-ring (bicyclic) bond motifs is 1. The lowest BCUT2D eigenvalue weighted by molar-refractivity contribution is -0.133. The van der Waals surface area contributed by atoms with E-state index in [9.17, 15) is 4.79 Å². The molecule has 5 heteroatoms. The van der Waals surface area contributed by atoms with Crippen molar-refractivity contribution in [3.63, 3.8) is 0 Å². The third-order valence-corrected chi connectivity index (χ3v) is 2.91. The van der Waals surface area contributed by atoms with Gasteiger partial charge < -0.3 is 15.6 Å². The van der Waals surface area contributed by atoms with Crippen LogP contribution in [0.2, 0.25) is 0 Å². The number of aliphatic carboxylic acids is 1. The average molecular weight is 234 g/mol. The van der Waals surface area contributed by atoms with E-state index >= 15 is 0 Å². The molecule has 0 saturated heterocycles. The predicted octanol–water partition coefficient (Wildman–Crippen LogP) is 1.83. The maximum Gasteiger partial charge on any atom is 0.335 e. The Morgan fingerprint density at radius 2 is 2.18 bits per heavy atom. The number of allylic oxidation sites excluding steroid dienone is 1. The van der Waals surface area contributed by atoms with Crippen molar-refractivity contribution in [1.82, 2.24) is 4.98 Å². The van der Waals surface area contributed by atoms with Gasteiger partial charge in [0.15, 0.2) is 0 Å². The van der Waals surface area contributed by atoms with Crippen molar-refractivity contribution < 1.29 is 14.6 Å². The Labute approximate surface area is 98.9 Å². The first-order valence-corrected chi connectivity index (χ1v) is 5.30. The van der Waals surface area contributed by atoms with E-state index in [1.807, 2.05) is 6.92 Å². The van der Waals surface area contributed by atoms with Gasteiger partial charge in [0, 0.05) is 22.9 Å². The Balaban J connectivity index is 2.62. The first kappa shape index (κ1) is 11.4. The summed E-state index contributed by atoms with van der Waals surface area (Å²) in [5.41, 5.74) is 8.06. The Morgan fingerprint density at radius 3 is 2.76 bits per heavy atom. The lowest BCUT2D eigenvalue weighted by atomic mass is 9.89. The SMILES string of the molecule is CC1=C(C(=O)O)C(C)c2c(N)cc(C)nc2O1. The second-order valence-electron chi connectivity index (χ2n) is 4.17. The lowest BCUT2D eigenvalue weighted by Gasteiger charge is -2.25. The highest BCUT2D eigenvalue weighted by Crippen LogP contribution is 2.41. The van der Waals surface area contributed by atoms with E-state index in [1.165, 1.54) is 0 Å². The van der Waals surface area contributed by atoms with Crippen LogP contribution in [0.25, 0.3) is 0 Å². The monoisotopic (exact) mass is 234 g/mol. The summed E-state index contributed by atoms with van der Waals surface area (Å²) in [6.07, 6.45) is 0. The van der Waals surface area contributed by atoms with E-state index in [0.29, 0.717) is 22.9 Å². The maximum atomic E-state index is 11.2. The topological polar surface area (TPSA) is 85.4 Å². The molecule has 0 fully saturated rings. The number of pyridine rings is 1. The summed E-state index contributed by atoms with van der Waals surface area (Å²) in [5, 5.41) is 9.15. The summed E-state index contributed by atoms with van der Waals surface area (Å²) in [7, 11) is 0. The zero-order chi connectivity index (χ0) is 12.7. The van der Waals surface area contributed by atoms with Crippen LogP contribution in [0.1, 0.15) is 31.0 Å². The number of nitrogens with two attached hydrogens (primary N) is 1. The van der Waals surface area contributed by atoms with Gasteiger partial charge in [0.1, 0.15) is 5.76 Å². The summed E-state index contributed by atoms with van der Waals surface area (Å²) in [6, 6.07) is 1.72. The Morgan fingerprint density at radius 1 is 1.53 bits per heavy atom. The third-order valence-electron chi connectivity index (χ3n) is 2.91. The van der Waals surface area contributed by atoms with Gasteiger partial charge in [-0.25, -0.2) is 9.78 Å². The van der Waals surface area contributed by atoms with Gasteiger partial charge in [0.05, 0.1) is 5.57 Å². The van der Waals surface area contributed by atoms with E-state index in [-0.39, 0.29) is 11.5 Å². The van der Waals surface area contributed by atoms with E-state index in [2.05, 4.69) is 4.98 Å². The van der Waals surface area contributed by atoms with Crippen LogP contribution in [0.4, 0.5) is 5.69 Å². The largest absolute Gasteiger partial charge is 0.478 e. The number of carboxylic acid groups (broad SMARTS) is 1. The van der Waals surface area contributed by atoms with Gasteiger partial charge in [0.25, 0.3) is 0 Å². The summed E-state index contributed by atoms with van der Waals surface area (Å²) in [5.74, 6) is -0.516. The molecule has 3 N–H and O–H groups in total. The molecule has 0 spiro atoms. The number of ether oxygens (including phenoxy) is 1. The number of hydrogen-bond donors (Lipinski definition) is 2. The summed E-state index contributed by atoms with van der Waals surface area (Å²) >= 11 is 0. The maximum absolute atomic E-state index is 11.2. The Kier molecular flexibility index (Phi) is 2.53. The fraction of sp³-hybridized carbons (Fsp3) is 0.333. The van der Waals surface area contributed by atoms with Crippen molar-refractivity contribution in [3.8, 4) is 5.88 Å². The van der Waals surface area contributed by atoms with Crippen molar-refractivity contribution in [2.24, 2.45) is 0 Å². The molecule has 17 heavy (non-hydrogen) atoms. The Hall–Kier alpha value is -2.04. The van der Waals surface area contributed by atoms with E-state index in [1.54, 1.807) is 19.9 Å². The number of hydrogen-bond acceptors (Lipinski definition) is 4. The van der Waals surface area contributed by atoms with Crippen LogP contribution in [0.5, 0.6) is 5.88 Å². The molecule has 0 aliphatic carbocycles. The smallest absolute Gasteiger partial charge is 0.335 e. The van der Waals surface area contributed by atoms with Crippen LogP contribution in [0.3, 0.4) is 0 Å². The number of nitrogens with zero attached hydrogens (tertiary/aromatic N) is 1. The summed E-state index contributed by atoms with van der Waals surface area (Å²) < 4.78 is 5.45. The Bertz CT molecular complexity index is 535. The van der Waals surface area contributed by atoms with Gasteiger partial charge in [-0.3, -0.25) is 0 Å². The first-order chi connectivity index (χ1) is 7.91. The molecule has 1 atom stereocenters. The van der Waals surface area contributed by atoms with Crippen molar-refractivity contribution in [3.05, 3.63) is 28.7 Å². The van der Waals surface area contributed by atoms with Gasteiger partial charge in [-0.15, -0.1) is 0 Å². The fourth-order valence-corrected chi connectivity index (χ4v) is 2.18. The minimum Gasteiger partial charge on any atom is -0.478 e. The third kappa shape index (κ3) is 1.73. The van der Waals surface area contributed by atoms with E-state index < -0.39 is 5.97 Å². The minimum atomic E-state index is -0.986. The van der Waals surface area contributed by atoms with Gasteiger partial charge in [-0.2, -0.15) is 0 Å². The van der Waals surface area contributed by atoms with Crippen molar-refractivity contribution in [2.75, 3.05) is 5.73 Å². The molecule has 0 aromatic carbocycles. The fourth-order valence-electron chi connectivity index (χ4n) is 2.18. The van der Waals surface area contributed by atoms with Crippen molar-refractivity contribution in [1.29, 1.82) is 0 Å². The lowest BCUT2D eigenvalue weighted by Crippen LogP contribution is -2.20. The van der Waals surface area contributed by atoms with Gasteiger partial charge >= 0.3 is 5.97 Å². The highest BCUT2D eigenvalue weighted by atomic mass is 16.5. The standard InChI is InChI=1S/C12H14N2O3/c1-5-4-8(13)10-6(2)9(12(15)16)7(3)17-11(10)14-5/h4,6H,1-3H3,(H2,13,14)(H,15,16). The van der Waals surface area contributed by atoms with Gasteiger partial charge in [0.2, 0.25) is 5.88 Å². The molecule has 1 aliphatic heterocycles. The molecule has 5 nitrogen and oxygen atoms in total. The normalized spacial score (nSPS) is 18.6. The zero-order valence-corrected chi connectivity index (χ0v) is 9.94. The molecule has 0 saturated carbocycles. The summed E-state index contributed by atoms with van der Waals surface area (Å²) in [4.78, 5) is 15.4. The zero-order valence-electron chi connectivity index (χ0n) is 9.94. The molecular weight excluding hydrogens is 220 g/mol. The van der Waals surface area contributed by atoms with Crippen molar-refractivity contribution >= 4 is 11.7 Å². The van der Waals surface area contributed by atoms with Crippen LogP contribution in [0.15, 0.2) is 17.4 Å². The number of rotatable bonds is 1. The van der Waals surface area contributed by atoms with E-state index in [4.69, 9.17) is 15.6 Å². The number of carbonyl (C=O) groups is 1. The second kappa shape index (κ2) is 3.76. The summed E-state index contributed by atoms with van der Waals surface area (Å²) in [6.45, 7) is 5.24. The molecule has 90 valence electrons. The van der Waals surface area contributed by atoms with Gasteiger partial charge in [-0.05, 0) is 19.9 Å². The number of carboxylic acids is 1. The number of aryl methyl sites for hydroxylation is 1. The van der Waals surface area contributed by atoms with Crippen LogP contribution >= 0.6 is 0 Å². The first-order valence-electron chi connectivity index (χ1n) is 5.30. The molecule has 1 aliphatic rings. The van der Waals surface area contributed by atoms with Crippen LogP contribution in [-0.2, 0) is 4.79 Å². The predicted molar refractivity (Wildman–Crippen MR) is 62.8 cm³/mol. The number of anilines is 1. The highest BCUT2D eigenvalue weighted by molar-refractivity contribution is 5.90. The van der Waals surface area contributed by atoms with Crippen molar-refractivity contribution in [2.45, 2.75) is 26.7 Å². The highest BCUT2D eigenvalue weighted by Gasteiger charge is 2.31.